The van der Waals surface area contributed by atoms with E-state index in [-0.39, 0.29) is 6.04 Å². The third-order valence-corrected chi connectivity index (χ3v) is 3.11. The first-order valence-electron chi connectivity index (χ1n) is 7.36. The van der Waals surface area contributed by atoms with E-state index in [4.69, 9.17) is 4.42 Å². The van der Waals surface area contributed by atoms with Crippen molar-refractivity contribution >= 4 is 6.01 Å². The van der Waals surface area contributed by atoms with E-state index in [1.165, 1.54) is 12.8 Å². The van der Waals surface area contributed by atoms with Crippen molar-refractivity contribution in [1.29, 1.82) is 0 Å². The van der Waals surface area contributed by atoms with Crippen LogP contribution in [0, 0.1) is 5.92 Å². The molecular formula is C14H28N4O. The van der Waals surface area contributed by atoms with E-state index in [1.807, 2.05) is 6.92 Å². The van der Waals surface area contributed by atoms with Gasteiger partial charge in [-0.1, -0.05) is 38.7 Å². The summed E-state index contributed by atoms with van der Waals surface area (Å²) in [5.74, 6) is 1.40. The van der Waals surface area contributed by atoms with Crippen molar-refractivity contribution in [2.75, 3.05) is 11.9 Å². The highest BCUT2D eigenvalue weighted by Gasteiger charge is 2.13. The van der Waals surface area contributed by atoms with Crippen molar-refractivity contribution < 1.29 is 4.42 Å². The zero-order valence-electron chi connectivity index (χ0n) is 12.9. The van der Waals surface area contributed by atoms with Gasteiger partial charge >= 0.3 is 6.01 Å². The van der Waals surface area contributed by atoms with Crippen molar-refractivity contribution in [3.8, 4) is 0 Å². The molecule has 0 radical (unpaired) electrons. The second kappa shape index (κ2) is 8.15. The van der Waals surface area contributed by atoms with Crippen LogP contribution in [0.15, 0.2) is 4.42 Å². The van der Waals surface area contributed by atoms with Gasteiger partial charge in [-0.05, 0) is 32.7 Å². The number of hydrogen-bond donors (Lipinski definition) is 2. The minimum absolute atomic E-state index is 0.101. The van der Waals surface area contributed by atoms with Gasteiger partial charge in [0.15, 0.2) is 0 Å². The van der Waals surface area contributed by atoms with Gasteiger partial charge in [-0.2, -0.15) is 0 Å². The Balaban J connectivity index is 2.36. The van der Waals surface area contributed by atoms with E-state index < -0.39 is 0 Å². The Morgan fingerprint density at radius 3 is 2.47 bits per heavy atom. The SMILES string of the molecule is CCNC(C)c1nnc(NC(C)CCCC(C)C)o1. The topological polar surface area (TPSA) is 63.0 Å². The number of anilines is 1. The maximum absolute atomic E-state index is 5.60. The predicted molar refractivity (Wildman–Crippen MR) is 78.2 cm³/mol. The fourth-order valence-electron chi connectivity index (χ4n) is 1.98. The average molecular weight is 268 g/mol. The lowest BCUT2D eigenvalue weighted by atomic mass is 10.0. The zero-order chi connectivity index (χ0) is 14.3. The lowest BCUT2D eigenvalue weighted by molar-refractivity contribution is 0.425. The van der Waals surface area contributed by atoms with E-state index in [1.54, 1.807) is 0 Å². The van der Waals surface area contributed by atoms with Crippen LogP contribution < -0.4 is 10.6 Å². The molecule has 0 amide bonds. The van der Waals surface area contributed by atoms with Gasteiger partial charge in [-0.25, -0.2) is 0 Å². The number of rotatable bonds is 9. The van der Waals surface area contributed by atoms with Crippen LogP contribution in [0.2, 0.25) is 0 Å². The standard InChI is InChI=1S/C14H28N4O/c1-6-15-12(5)13-17-18-14(19-13)16-11(4)9-7-8-10(2)3/h10-12,15H,6-9H2,1-5H3,(H,16,18). The molecule has 0 aliphatic carbocycles. The van der Waals surface area contributed by atoms with E-state index >= 15 is 0 Å². The summed E-state index contributed by atoms with van der Waals surface area (Å²) in [5, 5.41) is 14.6. The Bertz CT molecular complexity index is 351. The third-order valence-electron chi connectivity index (χ3n) is 3.11. The number of hydrogen-bond acceptors (Lipinski definition) is 5. The maximum atomic E-state index is 5.60. The van der Waals surface area contributed by atoms with Crippen LogP contribution in [-0.4, -0.2) is 22.8 Å². The Labute approximate surface area is 116 Å². The van der Waals surface area contributed by atoms with E-state index in [0.29, 0.717) is 17.9 Å². The summed E-state index contributed by atoms with van der Waals surface area (Å²) in [6.07, 6.45) is 3.61. The molecule has 0 aromatic carbocycles. The molecule has 1 heterocycles. The van der Waals surface area contributed by atoms with Gasteiger partial charge in [-0.3, -0.25) is 0 Å². The lowest BCUT2D eigenvalue weighted by Crippen LogP contribution is -2.18. The molecule has 0 aliphatic rings. The maximum Gasteiger partial charge on any atom is 0.315 e. The van der Waals surface area contributed by atoms with Crippen molar-refractivity contribution in [1.82, 2.24) is 15.5 Å². The summed E-state index contributed by atoms with van der Waals surface area (Å²) in [7, 11) is 0. The van der Waals surface area contributed by atoms with Crippen LogP contribution in [0.1, 0.15) is 65.8 Å². The fraction of sp³-hybridized carbons (Fsp3) is 0.857. The van der Waals surface area contributed by atoms with E-state index in [2.05, 4.69) is 48.5 Å². The summed E-state index contributed by atoms with van der Waals surface area (Å²) in [5.41, 5.74) is 0. The van der Waals surface area contributed by atoms with E-state index in [0.717, 1.165) is 18.9 Å². The molecule has 2 N–H and O–H groups in total. The largest absolute Gasteiger partial charge is 0.406 e. The molecule has 0 saturated heterocycles. The minimum atomic E-state index is 0.101. The minimum Gasteiger partial charge on any atom is -0.406 e. The summed E-state index contributed by atoms with van der Waals surface area (Å²) >= 11 is 0. The first kappa shape index (κ1) is 16.0. The molecule has 0 spiro atoms. The highest BCUT2D eigenvalue weighted by Crippen LogP contribution is 2.16. The first-order valence-corrected chi connectivity index (χ1v) is 7.36. The first-order chi connectivity index (χ1) is 9.02. The van der Waals surface area contributed by atoms with Gasteiger partial charge in [0.1, 0.15) is 0 Å². The molecule has 19 heavy (non-hydrogen) atoms. The summed E-state index contributed by atoms with van der Waals surface area (Å²) < 4.78 is 5.60. The van der Waals surface area contributed by atoms with Gasteiger partial charge in [-0.15, -0.1) is 5.10 Å². The molecule has 1 aromatic heterocycles. The molecule has 0 saturated carbocycles. The number of aromatic nitrogens is 2. The number of nitrogens with zero attached hydrogens (tertiary/aromatic N) is 2. The van der Waals surface area contributed by atoms with Crippen LogP contribution in [-0.2, 0) is 0 Å². The molecule has 5 nitrogen and oxygen atoms in total. The summed E-state index contributed by atoms with van der Waals surface area (Å²) in [6.45, 7) is 11.6. The van der Waals surface area contributed by atoms with Gasteiger partial charge in [0.2, 0.25) is 5.89 Å². The monoisotopic (exact) mass is 268 g/mol. The molecule has 110 valence electrons. The Kier molecular flexibility index (Phi) is 6.84. The van der Waals surface area contributed by atoms with Crippen LogP contribution in [0.4, 0.5) is 6.01 Å². The van der Waals surface area contributed by atoms with Crippen LogP contribution in [0.5, 0.6) is 0 Å². The van der Waals surface area contributed by atoms with Crippen LogP contribution in [0.25, 0.3) is 0 Å². The second-order valence-electron chi connectivity index (χ2n) is 5.59. The lowest BCUT2D eigenvalue weighted by Gasteiger charge is -2.12. The number of nitrogens with one attached hydrogen (secondary N) is 2. The molecule has 2 atom stereocenters. The fourth-order valence-corrected chi connectivity index (χ4v) is 1.98. The third kappa shape index (κ3) is 6.05. The normalized spacial score (nSPS) is 14.6. The molecule has 0 bridgehead atoms. The molecule has 0 fully saturated rings. The van der Waals surface area contributed by atoms with Crippen molar-refractivity contribution in [3.63, 3.8) is 0 Å². The highest BCUT2D eigenvalue weighted by molar-refractivity contribution is 5.19. The molecule has 1 rings (SSSR count). The Morgan fingerprint density at radius 2 is 1.84 bits per heavy atom. The van der Waals surface area contributed by atoms with Crippen LogP contribution in [0.3, 0.4) is 0 Å². The van der Waals surface area contributed by atoms with Crippen molar-refractivity contribution in [2.24, 2.45) is 5.92 Å². The smallest absolute Gasteiger partial charge is 0.315 e. The van der Waals surface area contributed by atoms with Crippen LogP contribution >= 0.6 is 0 Å². The molecule has 1 aromatic rings. The predicted octanol–water partition coefficient (Wildman–Crippen LogP) is 3.37. The van der Waals surface area contributed by atoms with Crippen molar-refractivity contribution in [3.05, 3.63) is 5.89 Å². The van der Waals surface area contributed by atoms with Gasteiger partial charge < -0.3 is 15.1 Å². The summed E-state index contributed by atoms with van der Waals surface area (Å²) in [6, 6.07) is 0.989. The Hall–Kier alpha value is -1.10. The zero-order valence-corrected chi connectivity index (χ0v) is 12.9. The van der Waals surface area contributed by atoms with E-state index in [9.17, 15) is 0 Å². The average Bonchev–Trinajstić information content (AvgIpc) is 2.77. The highest BCUT2D eigenvalue weighted by atomic mass is 16.4. The molecule has 0 aliphatic heterocycles. The van der Waals surface area contributed by atoms with Gasteiger partial charge in [0.25, 0.3) is 0 Å². The Morgan fingerprint density at radius 1 is 1.11 bits per heavy atom. The van der Waals surface area contributed by atoms with Gasteiger partial charge in [0, 0.05) is 6.04 Å². The molecule has 5 heteroatoms. The molecule has 2 unspecified atom stereocenters. The van der Waals surface area contributed by atoms with Crippen molar-refractivity contribution in [2.45, 2.75) is 66.0 Å². The second-order valence-corrected chi connectivity index (χ2v) is 5.59. The van der Waals surface area contributed by atoms with Gasteiger partial charge in [0.05, 0.1) is 6.04 Å². The molecular weight excluding hydrogens is 240 g/mol. The quantitative estimate of drug-likeness (QED) is 0.719. The summed E-state index contributed by atoms with van der Waals surface area (Å²) in [4.78, 5) is 0.